The molecule has 0 spiro atoms. The quantitative estimate of drug-likeness (QED) is 0.870. The highest BCUT2D eigenvalue weighted by Crippen LogP contribution is 2.28. The van der Waals surface area contributed by atoms with Crippen molar-refractivity contribution >= 4 is 29.1 Å². The fourth-order valence-corrected chi connectivity index (χ4v) is 2.23. The number of rotatable bonds is 3. The fraction of sp³-hybridized carbons (Fsp3) is 0.286. The molecule has 4 nitrogen and oxygen atoms in total. The molecule has 1 aromatic carbocycles. The lowest BCUT2D eigenvalue weighted by atomic mass is 10.2. The van der Waals surface area contributed by atoms with Crippen molar-refractivity contribution in [2.45, 2.75) is 13.0 Å². The van der Waals surface area contributed by atoms with Crippen molar-refractivity contribution in [3.63, 3.8) is 0 Å². The van der Waals surface area contributed by atoms with Gasteiger partial charge in [0, 0.05) is 30.9 Å². The Hall–Kier alpha value is -1.52. The Balaban J connectivity index is 2.34. The third-order valence-corrected chi connectivity index (χ3v) is 3.53. The first kappa shape index (κ1) is 14.9. The first-order valence-corrected chi connectivity index (χ1v) is 6.87. The van der Waals surface area contributed by atoms with E-state index in [0.29, 0.717) is 15.7 Å². The van der Waals surface area contributed by atoms with Crippen molar-refractivity contribution in [1.82, 2.24) is 14.7 Å². The van der Waals surface area contributed by atoms with E-state index in [1.165, 1.54) is 4.90 Å². The van der Waals surface area contributed by atoms with Gasteiger partial charge < -0.3 is 4.90 Å². The molecule has 2 rings (SSSR count). The number of halogens is 2. The lowest BCUT2D eigenvalue weighted by Crippen LogP contribution is -2.30. The molecule has 1 aromatic heterocycles. The number of carbonyl (C=O) groups excluding carboxylic acids is 1. The first-order valence-electron chi connectivity index (χ1n) is 6.12. The Labute approximate surface area is 127 Å². The zero-order valence-corrected chi connectivity index (χ0v) is 13.0. The molecule has 2 aromatic rings. The zero-order valence-electron chi connectivity index (χ0n) is 11.5. The van der Waals surface area contributed by atoms with E-state index in [1.807, 2.05) is 12.1 Å². The Morgan fingerprint density at radius 2 is 1.85 bits per heavy atom. The van der Waals surface area contributed by atoms with Crippen molar-refractivity contribution in [2.75, 3.05) is 14.1 Å². The standard InChI is InChI=1S/C14H15Cl2N3O/c1-9(14(20)18(2)3)19-8-12(16)13(17-19)10-4-6-11(15)7-5-10/h4-9H,1-3H3. The lowest BCUT2D eigenvalue weighted by Gasteiger charge is -2.16. The van der Waals surface area contributed by atoms with E-state index in [1.54, 1.807) is 44.0 Å². The van der Waals surface area contributed by atoms with Crippen LogP contribution in [0, 0.1) is 0 Å². The highest BCUT2D eigenvalue weighted by Gasteiger charge is 2.20. The molecule has 0 aliphatic rings. The number of hydrogen-bond donors (Lipinski definition) is 0. The number of aromatic nitrogens is 2. The van der Waals surface area contributed by atoms with Crippen LogP contribution in [0.4, 0.5) is 0 Å². The van der Waals surface area contributed by atoms with E-state index in [-0.39, 0.29) is 5.91 Å². The summed E-state index contributed by atoms with van der Waals surface area (Å²) in [5, 5.41) is 5.57. The average molecular weight is 312 g/mol. The number of carbonyl (C=O) groups is 1. The molecule has 1 unspecified atom stereocenters. The second-order valence-corrected chi connectivity index (χ2v) is 5.56. The van der Waals surface area contributed by atoms with Crippen molar-refractivity contribution in [3.05, 3.63) is 40.5 Å². The topological polar surface area (TPSA) is 38.1 Å². The summed E-state index contributed by atoms with van der Waals surface area (Å²) in [5.41, 5.74) is 1.50. The summed E-state index contributed by atoms with van der Waals surface area (Å²) >= 11 is 12.1. The van der Waals surface area contributed by atoms with Crippen molar-refractivity contribution in [1.29, 1.82) is 0 Å². The van der Waals surface area contributed by atoms with Gasteiger partial charge in [0.2, 0.25) is 5.91 Å². The van der Waals surface area contributed by atoms with Crippen LogP contribution in [0.5, 0.6) is 0 Å². The predicted octanol–water partition coefficient (Wildman–Crippen LogP) is 3.51. The maximum absolute atomic E-state index is 11.9. The summed E-state index contributed by atoms with van der Waals surface area (Å²) in [6.45, 7) is 1.79. The van der Waals surface area contributed by atoms with Gasteiger partial charge in [-0.1, -0.05) is 35.3 Å². The molecule has 106 valence electrons. The van der Waals surface area contributed by atoms with E-state index in [2.05, 4.69) is 5.10 Å². The van der Waals surface area contributed by atoms with Gasteiger partial charge >= 0.3 is 0 Å². The number of nitrogens with zero attached hydrogens (tertiary/aromatic N) is 3. The molecule has 0 aliphatic carbocycles. The van der Waals surface area contributed by atoms with E-state index in [9.17, 15) is 4.79 Å². The molecular formula is C14H15Cl2N3O. The van der Waals surface area contributed by atoms with Crippen molar-refractivity contribution in [2.24, 2.45) is 0 Å². The van der Waals surface area contributed by atoms with Crippen LogP contribution in [0.3, 0.4) is 0 Å². The molecular weight excluding hydrogens is 297 g/mol. The smallest absolute Gasteiger partial charge is 0.246 e. The van der Waals surface area contributed by atoms with Gasteiger partial charge in [0.15, 0.2) is 0 Å². The Bertz CT molecular complexity index is 620. The number of hydrogen-bond acceptors (Lipinski definition) is 2. The number of amides is 1. The highest BCUT2D eigenvalue weighted by molar-refractivity contribution is 6.33. The van der Waals surface area contributed by atoms with Gasteiger partial charge in [0.25, 0.3) is 0 Å². The Kier molecular flexibility index (Phi) is 4.35. The monoisotopic (exact) mass is 311 g/mol. The van der Waals surface area contributed by atoms with Crippen LogP contribution >= 0.6 is 23.2 Å². The molecule has 0 saturated carbocycles. The van der Waals surface area contributed by atoms with Crippen LogP contribution in [0.15, 0.2) is 30.5 Å². The molecule has 1 heterocycles. The molecule has 1 amide bonds. The van der Waals surface area contributed by atoms with Crippen LogP contribution in [-0.4, -0.2) is 34.7 Å². The van der Waals surface area contributed by atoms with Crippen LogP contribution in [0.1, 0.15) is 13.0 Å². The van der Waals surface area contributed by atoms with Gasteiger partial charge in [0.05, 0.1) is 5.02 Å². The maximum Gasteiger partial charge on any atom is 0.246 e. The zero-order chi connectivity index (χ0) is 14.9. The largest absolute Gasteiger partial charge is 0.347 e. The molecule has 0 saturated heterocycles. The maximum atomic E-state index is 11.9. The minimum Gasteiger partial charge on any atom is -0.347 e. The first-order chi connectivity index (χ1) is 9.40. The third kappa shape index (κ3) is 2.97. The predicted molar refractivity (Wildman–Crippen MR) is 81.1 cm³/mol. The van der Waals surface area contributed by atoms with Gasteiger partial charge in [-0.15, -0.1) is 0 Å². The normalized spacial score (nSPS) is 12.2. The highest BCUT2D eigenvalue weighted by atomic mass is 35.5. The third-order valence-electron chi connectivity index (χ3n) is 3.00. The van der Waals surface area contributed by atoms with Gasteiger partial charge in [-0.25, -0.2) is 0 Å². The fourth-order valence-electron chi connectivity index (χ4n) is 1.86. The molecule has 0 radical (unpaired) electrons. The number of benzene rings is 1. The molecule has 1 atom stereocenters. The van der Waals surface area contributed by atoms with Crippen LogP contribution < -0.4 is 0 Å². The van der Waals surface area contributed by atoms with Crippen molar-refractivity contribution < 1.29 is 4.79 Å². The van der Waals surface area contributed by atoms with Crippen LogP contribution in [-0.2, 0) is 4.79 Å². The molecule has 6 heteroatoms. The molecule has 20 heavy (non-hydrogen) atoms. The summed E-state index contributed by atoms with van der Waals surface area (Å²) in [7, 11) is 3.42. The van der Waals surface area contributed by atoms with E-state index in [0.717, 1.165) is 5.56 Å². The van der Waals surface area contributed by atoms with Gasteiger partial charge in [-0.2, -0.15) is 5.10 Å². The van der Waals surface area contributed by atoms with E-state index in [4.69, 9.17) is 23.2 Å². The second-order valence-electron chi connectivity index (χ2n) is 4.72. The minimum atomic E-state index is -0.399. The summed E-state index contributed by atoms with van der Waals surface area (Å²) in [6.07, 6.45) is 1.66. The summed E-state index contributed by atoms with van der Waals surface area (Å²) < 4.78 is 1.58. The summed E-state index contributed by atoms with van der Waals surface area (Å²) in [6, 6.07) is 6.85. The van der Waals surface area contributed by atoms with Gasteiger partial charge in [-0.3, -0.25) is 9.48 Å². The second kappa shape index (κ2) is 5.85. The van der Waals surface area contributed by atoms with Crippen LogP contribution in [0.25, 0.3) is 11.3 Å². The Morgan fingerprint density at radius 3 is 2.40 bits per heavy atom. The molecule has 0 fully saturated rings. The van der Waals surface area contributed by atoms with E-state index < -0.39 is 6.04 Å². The summed E-state index contributed by atoms with van der Waals surface area (Å²) in [5.74, 6) is -0.0353. The van der Waals surface area contributed by atoms with E-state index >= 15 is 0 Å². The Morgan fingerprint density at radius 1 is 1.25 bits per heavy atom. The van der Waals surface area contributed by atoms with Gasteiger partial charge in [-0.05, 0) is 19.1 Å². The summed E-state index contributed by atoms with van der Waals surface area (Å²) in [4.78, 5) is 13.5. The van der Waals surface area contributed by atoms with Crippen molar-refractivity contribution in [3.8, 4) is 11.3 Å². The lowest BCUT2D eigenvalue weighted by molar-refractivity contribution is -0.131. The molecule has 0 aliphatic heterocycles. The molecule has 0 bridgehead atoms. The SMILES string of the molecule is CC(C(=O)N(C)C)n1cc(Cl)c(-c2ccc(Cl)cc2)n1. The molecule has 0 N–H and O–H groups in total. The minimum absolute atomic E-state index is 0.0353. The van der Waals surface area contributed by atoms with Gasteiger partial charge in [0.1, 0.15) is 11.7 Å². The average Bonchev–Trinajstić information content (AvgIpc) is 2.80. The number of likely N-dealkylation sites (N-methyl/N-ethyl adjacent to an activating group) is 1. The van der Waals surface area contributed by atoms with Crippen LogP contribution in [0.2, 0.25) is 10.0 Å².